The number of nitrogens with one attached hydrogen (secondary N) is 2. The van der Waals surface area contributed by atoms with E-state index in [4.69, 9.17) is 0 Å². The van der Waals surface area contributed by atoms with Gasteiger partial charge in [-0.2, -0.15) is 0 Å². The van der Waals surface area contributed by atoms with Gasteiger partial charge in [0.1, 0.15) is 5.82 Å². The minimum absolute atomic E-state index is 0. The maximum absolute atomic E-state index is 12.9. The first-order valence-corrected chi connectivity index (χ1v) is 9.81. The van der Waals surface area contributed by atoms with E-state index in [0.717, 1.165) is 18.7 Å². The fourth-order valence-electron chi connectivity index (χ4n) is 2.64. The van der Waals surface area contributed by atoms with E-state index < -0.39 is 9.84 Å². The van der Waals surface area contributed by atoms with Gasteiger partial charge in [-0.15, -0.1) is 24.0 Å². The third-order valence-corrected chi connectivity index (χ3v) is 5.72. The normalized spacial score (nSPS) is 19.5. The summed E-state index contributed by atoms with van der Waals surface area (Å²) < 4.78 is 35.8. The number of hydrogen-bond donors (Lipinski definition) is 2. The van der Waals surface area contributed by atoms with Crippen molar-refractivity contribution in [2.45, 2.75) is 19.0 Å². The highest BCUT2D eigenvalue weighted by molar-refractivity contribution is 14.0. The summed E-state index contributed by atoms with van der Waals surface area (Å²) in [7, 11) is 0.757. The summed E-state index contributed by atoms with van der Waals surface area (Å²) >= 11 is 0. The molecule has 9 heteroatoms. The van der Waals surface area contributed by atoms with Crippen molar-refractivity contribution in [3.05, 3.63) is 35.6 Å². The Morgan fingerprint density at radius 1 is 1.36 bits per heavy atom. The number of halogens is 2. The molecule has 0 bridgehead atoms. The topological polar surface area (TPSA) is 73.8 Å². The van der Waals surface area contributed by atoms with Crippen molar-refractivity contribution in [3.8, 4) is 0 Å². The van der Waals surface area contributed by atoms with Crippen molar-refractivity contribution >= 4 is 39.8 Å². The van der Waals surface area contributed by atoms with Gasteiger partial charge in [0.2, 0.25) is 0 Å². The van der Waals surface area contributed by atoms with Crippen LogP contribution in [-0.2, 0) is 16.4 Å². The van der Waals surface area contributed by atoms with Gasteiger partial charge in [0.05, 0.1) is 11.5 Å². The van der Waals surface area contributed by atoms with E-state index in [1.807, 2.05) is 7.05 Å². The number of hydrogen-bond acceptors (Lipinski definition) is 4. The summed E-state index contributed by atoms with van der Waals surface area (Å²) in [6.45, 7) is 2.19. The first kappa shape index (κ1) is 22.1. The summed E-state index contributed by atoms with van der Waals surface area (Å²) in [6.07, 6.45) is 0.619. The van der Waals surface area contributed by atoms with Gasteiger partial charge >= 0.3 is 0 Å². The minimum Gasteiger partial charge on any atom is -0.355 e. The van der Waals surface area contributed by atoms with Crippen molar-refractivity contribution in [1.29, 1.82) is 0 Å². The molecule has 6 nitrogen and oxygen atoms in total. The van der Waals surface area contributed by atoms with Gasteiger partial charge < -0.3 is 15.5 Å². The Labute approximate surface area is 166 Å². The number of likely N-dealkylation sites (N-methyl/N-ethyl adjacent to an activating group) is 1. The molecule has 0 spiro atoms. The third kappa shape index (κ3) is 7.87. The SMILES string of the molecule is CN=C(NCCN(C)Cc1ccc(F)cc1)NC1CCS(=O)(=O)C1.I. The van der Waals surface area contributed by atoms with Gasteiger partial charge in [0, 0.05) is 32.7 Å². The lowest BCUT2D eigenvalue weighted by Gasteiger charge is -2.20. The van der Waals surface area contributed by atoms with Crippen LogP contribution in [0.4, 0.5) is 4.39 Å². The maximum atomic E-state index is 12.9. The highest BCUT2D eigenvalue weighted by atomic mass is 127. The van der Waals surface area contributed by atoms with Crippen molar-refractivity contribution < 1.29 is 12.8 Å². The summed E-state index contributed by atoms with van der Waals surface area (Å²) in [5.41, 5.74) is 1.05. The average Bonchev–Trinajstić information content (AvgIpc) is 2.87. The standard InChI is InChI=1S/C16H25FN4O2S.HI/c1-18-16(20-15-7-10-24(22,23)12-15)19-8-9-21(2)11-13-3-5-14(17)6-4-13;/h3-6,15H,7-12H2,1-2H3,(H2,18,19,20);1H. The van der Waals surface area contributed by atoms with Gasteiger partial charge in [-0.3, -0.25) is 4.99 Å². The molecule has 0 aliphatic carbocycles. The molecule has 1 aliphatic rings. The predicted molar refractivity (Wildman–Crippen MR) is 110 cm³/mol. The molecule has 1 fully saturated rings. The van der Waals surface area contributed by atoms with E-state index in [1.165, 1.54) is 12.1 Å². The van der Waals surface area contributed by atoms with Gasteiger partial charge in [-0.25, -0.2) is 12.8 Å². The van der Waals surface area contributed by atoms with E-state index in [2.05, 4.69) is 20.5 Å². The fourth-order valence-corrected chi connectivity index (χ4v) is 4.32. The second kappa shape index (κ2) is 10.3. The van der Waals surface area contributed by atoms with Gasteiger partial charge in [0.15, 0.2) is 15.8 Å². The molecule has 142 valence electrons. The van der Waals surface area contributed by atoms with Gasteiger partial charge in [-0.1, -0.05) is 12.1 Å². The predicted octanol–water partition coefficient (Wildman–Crippen LogP) is 1.23. The van der Waals surface area contributed by atoms with Crippen LogP contribution in [0.3, 0.4) is 0 Å². The number of guanidine groups is 1. The quantitative estimate of drug-likeness (QED) is 0.361. The summed E-state index contributed by atoms with van der Waals surface area (Å²) in [4.78, 5) is 6.25. The van der Waals surface area contributed by atoms with Crippen LogP contribution >= 0.6 is 24.0 Å². The van der Waals surface area contributed by atoms with Crippen LogP contribution in [0.1, 0.15) is 12.0 Å². The minimum atomic E-state index is -2.90. The largest absolute Gasteiger partial charge is 0.355 e. The summed E-state index contributed by atoms with van der Waals surface area (Å²) in [5.74, 6) is 0.791. The van der Waals surface area contributed by atoms with Crippen LogP contribution in [0, 0.1) is 5.82 Å². The Bertz CT molecular complexity index is 667. The zero-order valence-corrected chi connectivity index (χ0v) is 17.7. The number of sulfone groups is 1. The Kier molecular flexibility index (Phi) is 9.08. The molecule has 1 heterocycles. The van der Waals surface area contributed by atoms with Gasteiger partial charge in [-0.05, 0) is 31.2 Å². The van der Waals surface area contributed by atoms with E-state index in [-0.39, 0.29) is 47.3 Å². The second-order valence-corrected chi connectivity index (χ2v) is 8.34. The second-order valence-electron chi connectivity index (χ2n) is 6.11. The molecule has 0 saturated carbocycles. The number of nitrogens with zero attached hydrogens (tertiary/aromatic N) is 2. The van der Waals surface area contributed by atoms with E-state index in [1.54, 1.807) is 19.2 Å². The van der Waals surface area contributed by atoms with Crippen molar-refractivity contribution in [2.75, 3.05) is 38.7 Å². The van der Waals surface area contributed by atoms with Crippen LogP contribution < -0.4 is 10.6 Å². The smallest absolute Gasteiger partial charge is 0.191 e. The Hall–Kier alpha value is -0.940. The molecule has 1 saturated heterocycles. The van der Waals surface area contributed by atoms with Gasteiger partial charge in [0.25, 0.3) is 0 Å². The molecule has 0 radical (unpaired) electrons. The van der Waals surface area contributed by atoms with Crippen molar-refractivity contribution in [2.24, 2.45) is 4.99 Å². The molecule has 1 aliphatic heterocycles. The highest BCUT2D eigenvalue weighted by Gasteiger charge is 2.28. The van der Waals surface area contributed by atoms with Crippen LogP contribution in [0.15, 0.2) is 29.3 Å². The summed E-state index contributed by atoms with van der Waals surface area (Å²) in [6, 6.07) is 6.41. The fraction of sp³-hybridized carbons (Fsp3) is 0.562. The number of benzene rings is 1. The molecule has 1 aromatic carbocycles. The van der Waals surface area contributed by atoms with E-state index >= 15 is 0 Å². The van der Waals surface area contributed by atoms with E-state index in [9.17, 15) is 12.8 Å². The van der Waals surface area contributed by atoms with Crippen molar-refractivity contribution in [3.63, 3.8) is 0 Å². The molecule has 1 aromatic rings. The maximum Gasteiger partial charge on any atom is 0.191 e. The molecule has 2 N–H and O–H groups in total. The molecule has 25 heavy (non-hydrogen) atoms. The molecule has 1 unspecified atom stereocenters. The molecule has 0 amide bonds. The number of rotatable bonds is 6. The van der Waals surface area contributed by atoms with Crippen LogP contribution in [0.2, 0.25) is 0 Å². The molecule has 1 atom stereocenters. The molecule has 0 aromatic heterocycles. The Morgan fingerprint density at radius 3 is 2.60 bits per heavy atom. The third-order valence-electron chi connectivity index (χ3n) is 3.95. The average molecular weight is 484 g/mol. The van der Waals surface area contributed by atoms with Crippen LogP contribution in [-0.4, -0.2) is 64.0 Å². The summed E-state index contributed by atoms with van der Waals surface area (Å²) in [5, 5.41) is 6.34. The Balaban J connectivity index is 0.00000312. The van der Waals surface area contributed by atoms with E-state index in [0.29, 0.717) is 18.9 Å². The molecular formula is C16H26FIN4O2S. The zero-order chi connectivity index (χ0) is 17.6. The monoisotopic (exact) mass is 484 g/mol. The first-order valence-electron chi connectivity index (χ1n) is 7.98. The molecule has 2 rings (SSSR count). The molecular weight excluding hydrogens is 458 g/mol. The number of aliphatic imine (C=N–C) groups is 1. The first-order chi connectivity index (χ1) is 11.4. The van der Waals surface area contributed by atoms with Crippen molar-refractivity contribution in [1.82, 2.24) is 15.5 Å². The lowest BCUT2D eigenvalue weighted by molar-refractivity contribution is 0.331. The Morgan fingerprint density at radius 2 is 2.04 bits per heavy atom. The zero-order valence-electron chi connectivity index (χ0n) is 14.5. The van der Waals surface area contributed by atoms with Crippen LogP contribution in [0.5, 0.6) is 0 Å². The highest BCUT2D eigenvalue weighted by Crippen LogP contribution is 2.10. The lowest BCUT2D eigenvalue weighted by atomic mass is 10.2. The van der Waals surface area contributed by atoms with Crippen LogP contribution in [0.25, 0.3) is 0 Å². The lowest BCUT2D eigenvalue weighted by Crippen LogP contribution is -2.45.